The Kier molecular flexibility index (Phi) is 4.88. The van der Waals surface area contributed by atoms with Crippen molar-refractivity contribution in [3.63, 3.8) is 0 Å². The van der Waals surface area contributed by atoms with Crippen LogP contribution in [-0.4, -0.2) is 20.4 Å². The molecule has 1 aliphatic carbocycles. The van der Waals surface area contributed by atoms with Crippen LogP contribution in [0, 0.1) is 11.7 Å². The van der Waals surface area contributed by atoms with Crippen molar-refractivity contribution in [2.75, 3.05) is 0 Å². The Hall–Kier alpha value is -1.14. The molecule has 1 saturated carbocycles. The molecule has 0 bridgehead atoms. The molecule has 0 aliphatic heterocycles. The largest absolute Gasteiger partial charge is 0.349 e. The summed E-state index contributed by atoms with van der Waals surface area (Å²) in [6.45, 7) is 1.91. The lowest BCUT2D eigenvalue weighted by Gasteiger charge is -2.20. The van der Waals surface area contributed by atoms with Crippen LogP contribution in [0.4, 0.5) is 4.39 Å². The first-order valence-corrected chi connectivity index (χ1v) is 9.14. The number of halogens is 2. The maximum Gasteiger partial charge on any atom is 0.261 e. The zero-order valence-electron chi connectivity index (χ0n) is 11.6. The van der Waals surface area contributed by atoms with Crippen LogP contribution in [0.15, 0.2) is 23.1 Å². The van der Waals surface area contributed by atoms with Crippen molar-refractivity contribution in [2.24, 2.45) is 5.92 Å². The minimum atomic E-state index is -4.07. The number of hydrogen-bond donors (Lipinski definition) is 1. The van der Waals surface area contributed by atoms with Crippen LogP contribution in [0.5, 0.6) is 0 Å². The van der Waals surface area contributed by atoms with Gasteiger partial charge in [0, 0.05) is 22.3 Å². The van der Waals surface area contributed by atoms with Gasteiger partial charge in [0.25, 0.3) is 15.0 Å². The standard InChI is InChI=1S/C14H17ClFNO3S/c1-9(10-4-2-3-5-10)17-14(18)11-6-12(16)8-13(7-11)21(15,19)20/h6-10H,2-5H2,1H3,(H,17,18). The Labute approximate surface area is 128 Å². The van der Waals surface area contributed by atoms with Crippen LogP contribution in [0.25, 0.3) is 0 Å². The van der Waals surface area contributed by atoms with Crippen molar-refractivity contribution in [1.82, 2.24) is 5.32 Å². The van der Waals surface area contributed by atoms with Crippen LogP contribution >= 0.6 is 10.7 Å². The highest BCUT2D eigenvalue weighted by atomic mass is 35.7. The van der Waals surface area contributed by atoms with Gasteiger partial charge in [0.05, 0.1) is 4.90 Å². The van der Waals surface area contributed by atoms with Crippen molar-refractivity contribution < 1.29 is 17.6 Å². The molecule has 0 heterocycles. The smallest absolute Gasteiger partial charge is 0.261 e. The van der Waals surface area contributed by atoms with Crippen LogP contribution < -0.4 is 5.32 Å². The van der Waals surface area contributed by atoms with E-state index in [4.69, 9.17) is 10.7 Å². The minimum Gasteiger partial charge on any atom is -0.349 e. The molecule has 1 aromatic rings. The van der Waals surface area contributed by atoms with Crippen LogP contribution in [0.1, 0.15) is 43.0 Å². The van der Waals surface area contributed by atoms with Gasteiger partial charge >= 0.3 is 0 Å². The highest BCUT2D eigenvalue weighted by Gasteiger charge is 2.24. The summed E-state index contributed by atoms with van der Waals surface area (Å²) < 4.78 is 36.0. The lowest BCUT2D eigenvalue weighted by molar-refractivity contribution is 0.0926. The zero-order valence-corrected chi connectivity index (χ0v) is 13.2. The SMILES string of the molecule is CC(NC(=O)c1cc(F)cc(S(=O)(=O)Cl)c1)C1CCCC1. The third-order valence-electron chi connectivity index (χ3n) is 3.88. The van der Waals surface area contributed by atoms with Crippen molar-refractivity contribution in [3.8, 4) is 0 Å². The van der Waals surface area contributed by atoms with E-state index in [0.29, 0.717) is 5.92 Å². The normalized spacial score (nSPS) is 17.7. The van der Waals surface area contributed by atoms with Crippen LogP contribution in [0.2, 0.25) is 0 Å². The molecule has 1 aromatic carbocycles. The Balaban J connectivity index is 2.17. The van der Waals surface area contributed by atoms with Crippen molar-refractivity contribution in [3.05, 3.63) is 29.6 Å². The van der Waals surface area contributed by atoms with Gasteiger partial charge in [-0.25, -0.2) is 12.8 Å². The van der Waals surface area contributed by atoms with Gasteiger partial charge in [-0.1, -0.05) is 12.8 Å². The highest BCUT2D eigenvalue weighted by molar-refractivity contribution is 8.13. The second-order valence-corrected chi connectivity index (χ2v) is 7.99. The van der Waals surface area contributed by atoms with Gasteiger partial charge in [-0.05, 0) is 43.9 Å². The fourth-order valence-electron chi connectivity index (χ4n) is 2.70. The number of rotatable bonds is 4. The molecule has 2 rings (SSSR count). The summed E-state index contributed by atoms with van der Waals surface area (Å²) in [5.41, 5.74) is -0.0425. The molecule has 1 fully saturated rings. The molecule has 1 unspecified atom stereocenters. The summed E-state index contributed by atoms with van der Waals surface area (Å²) >= 11 is 0. The number of amides is 1. The van der Waals surface area contributed by atoms with E-state index in [1.165, 1.54) is 0 Å². The number of hydrogen-bond acceptors (Lipinski definition) is 3. The van der Waals surface area contributed by atoms with E-state index in [1.54, 1.807) is 0 Å². The Morgan fingerprint density at radius 1 is 1.33 bits per heavy atom. The van der Waals surface area contributed by atoms with Crippen molar-refractivity contribution in [1.29, 1.82) is 0 Å². The molecule has 7 heteroatoms. The average Bonchev–Trinajstić information content (AvgIpc) is 2.90. The summed E-state index contributed by atoms with van der Waals surface area (Å²) in [7, 11) is 1.12. The van der Waals surface area contributed by atoms with E-state index in [1.807, 2.05) is 6.92 Å². The predicted octanol–water partition coefficient (Wildman–Crippen LogP) is 3.06. The van der Waals surface area contributed by atoms with Gasteiger partial charge in [0.15, 0.2) is 0 Å². The molecule has 1 N–H and O–H groups in total. The first-order valence-electron chi connectivity index (χ1n) is 6.83. The molecule has 4 nitrogen and oxygen atoms in total. The molecular formula is C14H17ClFNO3S. The summed E-state index contributed by atoms with van der Waals surface area (Å²) in [6, 6.07) is 2.85. The summed E-state index contributed by atoms with van der Waals surface area (Å²) in [6.07, 6.45) is 4.43. The molecule has 1 amide bonds. The van der Waals surface area contributed by atoms with Crippen molar-refractivity contribution in [2.45, 2.75) is 43.5 Å². The topological polar surface area (TPSA) is 63.2 Å². The monoisotopic (exact) mass is 333 g/mol. The average molecular weight is 334 g/mol. The second-order valence-electron chi connectivity index (χ2n) is 5.42. The van der Waals surface area contributed by atoms with E-state index in [9.17, 15) is 17.6 Å². The maximum absolute atomic E-state index is 13.5. The summed E-state index contributed by atoms with van der Waals surface area (Å²) in [5, 5.41) is 2.80. The van der Waals surface area contributed by atoms with Gasteiger partial charge in [-0.15, -0.1) is 0 Å². The Bertz CT molecular complexity index is 642. The number of nitrogens with one attached hydrogen (secondary N) is 1. The lowest BCUT2D eigenvalue weighted by Crippen LogP contribution is -2.37. The molecule has 21 heavy (non-hydrogen) atoms. The number of carbonyl (C=O) groups is 1. The zero-order chi connectivity index (χ0) is 15.6. The highest BCUT2D eigenvalue weighted by Crippen LogP contribution is 2.27. The molecule has 0 radical (unpaired) electrons. The first kappa shape index (κ1) is 16.2. The van der Waals surface area contributed by atoms with Crippen LogP contribution in [0.3, 0.4) is 0 Å². The predicted molar refractivity (Wildman–Crippen MR) is 78.3 cm³/mol. The minimum absolute atomic E-state index is 0.0284. The van der Waals surface area contributed by atoms with E-state index < -0.39 is 25.7 Å². The summed E-state index contributed by atoms with van der Waals surface area (Å²) in [4.78, 5) is 11.7. The van der Waals surface area contributed by atoms with E-state index in [-0.39, 0.29) is 11.6 Å². The van der Waals surface area contributed by atoms with Gasteiger partial charge in [0.1, 0.15) is 5.82 Å². The Morgan fingerprint density at radius 2 is 1.95 bits per heavy atom. The lowest BCUT2D eigenvalue weighted by atomic mass is 9.99. The fourth-order valence-corrected chi connectivity index (χ4v) is 3.49. The van der Waals surface area contributed by atoms with Gasteiger partial charge in [0.2, 0.25) is 0 Å². The number of benzene rings is 1. The van der Waals surface area contributed by atoms with Crippen LogP contribution in [-0.2, 0) is 9.05 Å². The first-order chi connectivity index (χ1) is 9.77. The summed E-state index contributed by atoms with van der Waals surface area (Å²) in [5.74, 6) is -0.885. The molecule has 1 aliphatic rings. The van der Waals surface area contributed by atoms with Crippen molar-refractivity contribution >= 4 is 25.6 Å². The molecule has 1 atom stereocenters. The maximum atomic E-state index is 13.5. The fraction of sp³-hybridized carbons (Fsp3) is 0.500. The molecule has 0 saturated heterocycles. The van der Waals surface area contributed by atoms with Gasteiger partial charge < -0.3 is 5.32 Å². The van der Waals surface area contributed by atoms with E-state index in [0.717, 1.165) is 43.9 Å². The van der Waals surface area contributed by atoms with Gasteiger partial charge in [-0.3, -0.25) is 4.79 Å². The number of carbonyl (C=O) groups excluding carboxylic acids is 1. The molecular weight excluding hydrogens is 317 g/mol. The van der Waals surface area contributed by atoms with Gasteiger partial charge in [-0.2, -0.15) is 0 Å². The third kappa shape index (κ3) is 4.17. The Morgan fingerprint density at radius 3 is 2.52 bits per heavy atom. The molecule has 0 aromatic heterocycles. The molecule has 116 valence electrons. The molecule has 0 spiro atoms. The third-order valence-corrected chi connectivity index (χ3v) is 5.21. The second kappa shape index (κ2) is 6.32. The van der Waals surface area contributed by atoms with E-state index in [2.05, 4.69) is 5.32 Å². The quantitative estimate of drug-likeness (QED) is 0.861. The van der Waals surface area contributed by atoms with E-state index >= 15 is 0 Å².